The molecular weight excluding hydrogens is 498 g/mol. The third kappa shape index (κ3) is 14.7. The number of carbonyl (C=O) groups excluding carboxylic acids is 6. The second kappa shape index (κ2) is 17.2. The number of nitrogens with two attached hydrogens (primary N) is 1. The van der Waals surface area contributed by atoms with E-state index in [4.69, 9.17) is 15.9 Å². The van der Waals surface area contributed by atoms with Crippen LogP contribution in [0.2, 0.25) is 0 Å². The molecule has 0 bridgehead atoms. The lowest BCUT2D eigenvalue weighted by Crippen LogP contribution is -2.55. The Morgan fingerprint density at radius 1 is 0.676 bits per heavy atom. The van der Waals surface area contributed by atoms with Gasteiger partial charge in [0.05, 0.1) is 32.6 Å². The molecule has 0 aromatic rings. The Morgan fingerprint density at radius 3 is 1.73 bits per heavy atom. The summed E-state index contributed by atoms with van der Waals surface area (Å²) in [6.07, 6.45) is -0.372. The number of aliphatic carboxylic acids is 2. The minimum atomic E-state index is -1.61. The molecule has 0 heterocycles. The standard InChI is InChI=1S/C20H33N7O10/c1-3-10(2)18(27-15(31)7-22-12(28)5-21)20(37)25-8-14(30)26-11(4-16(32)33)19(36)24-6-13(29)23-9-17(34)35/h10-11,18H,3-9,21H2,1-2H3,(H,22,28)(H,23,29)(H,24,36)(H,25,37)(H,26,30)(H,27,31)(H,32,33)(H,34,35)/t10-,11-,18-/m0/s1. The highest BCUT2D eigenvalue weighted by atomic mass is 16.4. The minimum absolute atomic E-state index is 0.323. The molecule has 10 N–H and O–H groups in total. The molecule has 0 spiro atoms. The van der Waals surface area contributed by atoms with Gasteiger partial charge in [0.15, 0.2) is 0 Å². The van der Waals surface area contributed by atoms with Crippen LogP contribution in [0, 0.1) is 5.92 Å². The summed E-state index contributed by atoms with van der Waals surface area (Å²) in [5.41, 5.74) is 5.14. The first-order chi connectivity index (χ1) is 17.3. The third-order valence-corrected chi connectivity index (χ3v) is 4.76. The van der Waals surface area contributed by atoms with Crippen molar-refractivity contribution in [2.24, 2.45) is 11.7 Å². The smallest absolute Gasteiger partial charge is 0.322 e. The fourth-order valence-electron chi connectivity index (χ4n) is 2.61. The predicted octanol–water partition coefficient (Wildman–Crippen LogP) is -5.02. The molecule has 208 valence electrons. The van der Waals surface area contributed by atoms with Gasteiger partial charge in [-0.05, 0) is 5.92 Å². The maximum atomic E-state index is 12.6. The topological polar surface area (TPSA) is 275 Å². The molecule has 0 unspecified atom stereocenters. The van der Waals surface area contributed by atoms with E-state index in [0.29, 0.717) is 6.42 Å². The van der Waals surface area contributed by atoms with Crippen LogP contribution < -0.4 is 37.6 Å². The van der Waals surface area contributed by atoms with Crippen molar-refractivity contribution in [2.75, 3.05) is 32.7 Å². The molecule has 0 saturated heterocycles. The van der Waals surface area contributed by atoms with Crippen molar-refractivity contribution in [2.45, 2.75) is 38.8 Å². The second-order valence-corrected chi connectivity index (χ2v) is 7.74. The van der Waals surface area contributed by atoms with Gasteiger partial charge in [0.1, 0.15) is 18.6 Å². The third-order valence-electron chi connectivity index (χ3n) is 4.76. The van der Waals surface area contributed by atoms with E-state index in [1.54, 1.807) is 13.8 Å². The van der Waals surface area contributed by atoms with Crippen LogP contribution in [-0.4, -0.2) is 102 Å². The van der Waals surface area contributed by atoms with Crippen LogP contribution >= 0.6 is 0 Å². The van der Waals surface area contributed by atoms with Crippen LogP contribution in [0.1, 0.15) is 26.7 Å². The van der Waals surface area contributed by atoms with Crippen LogP contribution in [0.5, 0.6) is 0 Å². The first-order valence-electron chi connectivity index (χ1n) is 11.1. The molecule has 0 aromatic carbocycles. The van der Waals surface area contributed by atoms with Gasteiger partial charge in [0.2, 0.25) is 35.4 Å². The SMILES string of the molecule is CC[C@H](C)[C@H](NC(=O)CNC(=O)CN)C(=O)NCC(=O)N[C@@H](CC(=O)O)C(=O)NCC(=O)NCC(=O)O. The van der Waals surface area contributed by atoms with Crippen LogP contribution in [0.25, 0.3) is 0 Å². The Morgan fingerprint density at radius 2 is 1.19 bits per heavy atom. The monoisotopic (exact) mass is 531 g/mol. The zero-order valence-corrected chi connectivity index (χ0v) is 20.4. The number of rotatable bonds is 17. The summed E-state index contributed by atoms with van der Waals surface area (Å²) in [6.45, 7) is 0.655. The van der Waals surface area contributed by atoms with E-state index < -0.39 is 92.1 Å². The van der Waals surface area contributed by atoms with Crippen molar-refractivity contribution in [3.05, 3.63) is 0 Å². The zero-order chi connectivity index (χ0) is 28.5. The van der Waals surface area contributed by atoms with E-state index in [1.807, 2.05) is 5.32 Å². The molecule has 0 radical (unpaired) electrons. The first kappa shape index (κ1) is 32.7. The van der Waals surface area contributed by atoms with Gasteiger partial charge in [-0.15, -0.1) is 0 Å². The van der Waals surface area contributed by atoms with Gasteiger partial charge in [-0.3, -0.25) is 38.4 Å². The zero-order valence-electron chi connectivity index (χ0n) is 20.4. The molecule has 0 aliphatic rings. The molecule has 0 aromatic heterocycles. The molecule has 17 nitrogen and oxygen atoms in total. The Hall–Kier alpha value is -4.28. The average molecular weight is 532 g/mol. The van der Waals surface area contributed by atoms with Crippen molar-refractivity contribution >= 4 is 47.4 Å². The average Bonchev–Trinajstić information content (AvgIpc) is 2.84. The maximum absolute atomic E-state index is 12.6. The number of amides is 6. The van der Waals surface area contributed by atoms with Crippen LogP contribution in [0.4, 0.5) is 0 Å². The number of nitrogens with one attached hydrogen (secondary N) is 6. The minimum Gasteiger partial charge on any atom is -0.481 e. The quantitative estimate of drug-likeness (QED) is 0.0856. The number of carboxylic acid groups (broad SMARTS) is 2. The van der Waals surface area contributed by atoms with E-state index in [2.05, 4.69) is 26.6 Å². The Labute approximate surface area is 211 Å². The van der Waals surface area contributed by atoms with Gasteiger partial charge < -0.3 is 47.8 Å². The van der Waals surface area contributed by atoms with E-state index in [-0.39, 0.29) is 12.5 Å². The van der Waals surface area contributed by atoms with E-state index in [0.717, 1.165) is 0 Å². The summed E-state index contributed by atoms with van der Waals surface area (Å²) < 4.78 is 0. The number of hydrogen-bond acceptors (Lipinski definition) is 9. The molecular formula is C20H33N7O10. The van der Waals surface area contributed by atoms with Gasteiger partial charge >= 0.3 is 11.9 Å². The van der Waals surface area contributed by atoms with Gasteiger partial charge in [-0.2, -0.15) is 0 Å². The molecule has 3 atom stereocenters. The van der Waals surface area contributed by atoms with Crippen molar-refractivity contribution in [1.82, 2.24) is 31.9 Å². The highest BCUT2D eigenvalue weighted by molar-refractivity contribution is 5.95. The number of carboxylic acids is 2. The maximum Gasteiger partial charge on any atom is 0.322 e. The summed E-state index contributed by atoms with van der Waals surface area (Å²) in [5, 5.41) is 30.7. The molecule has 6 amide bonds. The summed E-state index contributed by atoms with van der Waals surface area (Å²) in [4.78, 5) is 93.3. The molecule has 0 fully saturated rings. The van der Waals surface area contributed by atoms with Crippen molar-refractivity contribution in [1.29, 1.82) is 0 Å². The molecule has 37 heavy (non-hydrogen) atoms. The Bertz CT molecular complexity index is 880. The van der Waals surface area contributed by atoms with Crippen molar-refractivity contribution in [3.63, 3.8) is 0 Å². The van der Waals surface area contributed by atoms with Crippen LogP contribution in [0.15, 0.2) is 0 Å². The summed E-state index contributed by atoms with van der Waals surface area (Å²) in [6, 6.07) is -2.67. The summed E-state index contributed by atoms with van der Waals surface area (Å²) >= 11 is 0. The number of hydrogen-bond donors (Lipinski definition) is 9. The van der Waals surface area contributed by atoms with Gasteiger partial charge in [-0.25, -0.2) is 0 Å². The highest BCUT2D eigenvalue weighted by Gasteiger charge is 2.28. The van der Waals surface area contributed by atoms with Crippen molar-refractivity contribution in [3.8, 4) is 0 Å². The molecule has 0 aliphatic heterocycles. The Balaban J connectivity index is 4.98. The van der Waals surface area contributed by atoms with Crippen LogP contribution in [-0.2, 0) is 38.4 Å². The lowest BCUT2D eigenvalue weighted by molar-refractivity contribution is -0.141. The highest BCUT2D eigenvalue weighted by Crippen LogP contribution is 2.08. The lowest BCUT2D eigenvalue weighted by Gasteiger charge is -2.24. The second-order valence-electron chi connectivity index (χ2n) is 7.74. The lowest BCUT2D eigenvalue weighted by atomic mass is 9.98. The molecule has 0 saturated carbocycles. The molecule has 0 rings (SSSR count). The van der Waals surface area contributed by atoms with Crippen LogP contribution in [0.3, 0.4) is 0 Å². The van der Waals surface area contributed by atoms with Gasteiger partial charge in [-0.1, -0.05) is 20.3 Å². The van der Waals surface area contributed by atoms with E-state index in [1.165, 1.54) is 0 Å². The fourth-order valence-corrected chi connectivity index (χ4v) is 2.61. The number of carbonyl (C=O) groups is 8. The normalized spacial score (nSPS) is 12.6. The van der Waals surface area contributed by atoms with Gasteiger partial charge in [0.25, 0.3) is 0 Å². The largest absolute Gasteiger partial charge is 0.481 e. The molecule has 17 heteroatoms. The van der Waals surface area contributed by atoms with E-state index in [9.17, 15) is 38.4 Å². The summed E-state index contributed by atoms with van der Waals surface area (Å²) in [5.74, 6) is -7.93. The van der Waals surface area contributed by atoms with E-state index >= 15 is 0 Å². The Kier molecular flexibility index (Phi) is 15.2. The molecule has 0 aliphatic carbocycles. The summed E-state index contributed by atoms with van der Waals surface area (Å²) in [7, 11) is 0. The fraction of sp³-hybridized carbons (Fsp3) is 0.600. The van der Waals surface area contributed by atoms with Crippen molar-refractivity contribution < 1.29 is 48.6 Å². The van der Waals surface area contributed by atoms with Gasteiger partial charge in [0, 0.05) is 0 Å². The predicted molar refractivity (Wildman–Crippen MR) is 124 cm³/mol. The first-order valence-corrected chi connectivity index (χ1v) is 11.1.